The Labute approximate surface area is 116 Å². The van der Waals surface area contributed by atoms with Crippen molar-refractivity contribution in [2.24, 2.45) is 0 Å². The van der Waals surface area contributed by atoms with Crippen LogP contribution in [-0.4, -0.2) is 25.0 Å². The van der Waals surface area contributed by atoms with E-state index in [9.17, 15) is 26.7 Å². The molecule has 0 radical (unpaired) electrons. The predicted molar refractivity (Wildman–Crippen MR) is 70.0 cm³/mol. The molecule has 0 aliphatic heterocycles. The zero-order valence-electron chi connectivity index (χ0n) is 11.0. The highest BCUT2D eigenvalue weighted by molar-refractivity contribution is 7.91. The van der Waals surface area contributed by atoms with Crippen molar-refractivity contribution in [1.82, 2.24) is 0 Å². The molecule has 1 rings (SSSR count). The maximum absolute atomic E-state index is 12.8. The molecule has 1 unspecified atom stereocenters. The minimum Gasteiger partial charge on any atom is -0.388 e. The van der Waals surface area contributed by atoms with E-state index in [0.717, 1.165) is 6.07 Å². The second-order valence-electron chi connectivity index (χ2n) is 4.48. The van der Waals surface area contributed by atoms with E-state index in [1.807, 2.05) is 0 Å². The average Bonchev–Trinajstić information content (AvgIpc) is 2.37. The van der Waals surface area contributed by atoms with Crippen LogP contribution in [0.1, 0.15) is 37.0 Å². The molecule has 1 aromatic rings. The third-order valence-electron chi connectivity index (χ3n) is 3.00. The Morgan fingerprint density at radius 3 is 2.40 bits per heavy atom. The van der Waals surface area contributed by atoms with Crippen molar-refractivity contribution >= 4 is 9.84 Å². The van der Waals surface area contributed by atoms with Crippen LogP contribution in [0.25, 0.3) is 0 Å². The molecule has 0 aliphatic rings. The molecule has 0 fully saturated rings. The van der Waals surface area contributed by atoms with Crippen LogP contribution in [0.5, 0.6) is 0 Å². The Morgan fingerprint density at radius 1 is 1.25 bits per heavy atom. The van der Waals surface area contributed by atoms with Gasteiger partial charge in [0.25, 0.3) is 0 Å². The number of hydrogen-bond donors (Lipinski definition) is 1. The van der Waals surface area contributed by atoms with Crippen LogP contribution in [-0.2, 0) is 16.0 Å². The first-order chi connectivity index (χ1) is 9.17. The summed E-state index contributed by atoms with van der Waals surface area (Å²) in [6.07, 6.45) is -5.75. The summed E-state index contributed by atoms with van der Waals surface area (Å²) >= 11 is 0. The molecule has 1 atom stereocenters. The lowest BCUT2D eigenvalue weighted by Gasteiger charge is -2.17. The molecule has 0 saturated carbocycles. The Balaban J connectivity index is 2.76. The number of sulfone groups is 1. The highest BCUT2D eigenvalue weighted by Gasteiger charge is 2.34. The molecule has 3 nitrogen and oxygen atoms in total. The number of rotatable bonds is 6. The van der Waals surface area contributed by atoms with Gasteiger partial charge in [0.1, 0.15) is 9.84 Å². The number of benzene rings is 1. The lowest BCUT2D eigenvalue weighted by Crippen LogP contribution is -2.13. The van der Waals surface area contributed by atoms with E-state index in [1.165, 1.54) is 25.1 Å². The minimum atomic E-state index is -4.53. The quantitative estimate of drug-likeness (QED) is 0.879. The van der Waals surface area contributed by atoms with Gasteiger partial charge in [-0.05, 0) is 24.5 Å². The molecule has 0 bridgehead atoms. The minimum absolute atomic E-state index is 0.0117. The second kappa shape index (κ2) is 6.58. The zero-order chi connectivity index (χ0) is 15.4. The molecule has 7 heteroatoms. The van der Waals surface area contributed by atoms with Gasteiger partial charge in [-0.2, -0.15) is 13.2 Å². The van der Waals surface area contributed by atoms with Gasteiger partial charge in [-0.15, -0.1) is 0 Å². The van der Waals surface area contributed by atoms with Gasteiger partial charge >= 0.3 is 6.18 Å². The zero-order valence-corrected chi connectivity index (χ0v) is 11.8. The van der Waals surface area contributed by atoms with Crippen molar-refractivity contribution in [2.45, 2.75) is 32.0 Å². The van der Waals surface area contributed by atoms with Crippen molar-refractivity contribution < 1.29 is 26.7 Å². The summed E-state index contributed by atoms with van der Waals surface area (Å²) in [5.41, 5.74) is -1.10. The summed E-state index contributed by atoms with van der Waals surface area (Å²) in [6, 6.07) is 4.78. The molecule has 1 N–H and O–H groups in total. The number of hydrogen-bond acceptors (Lipinski definition) is 3. The van der Waals surface area contributed by atoms with Gasteiger partial charge in [-0.1, -0.05) is 25.1 Å². The molecule has 0 spiro atoms. The van der Waals surface area contributed by atoms with Crippen molar-refractivity contribution in [1.29, 1.82) is 0 Å². The Bertz CT molecular complexity index is 538. The van der Waals surface area contributed by atoms with E-state index in [4.69, 9.17) is 0 Å². The van der Waals surface area contributed by atoms with Gasteiger partial charge < -0.3 is 5.11 Å². The van der Waals surface area contributed by atoms with Crippen LogP contribution >= 0.6 is 0 Å². The number of aliphatic hydroxyl groups is 1. The van der Waals surface area contributed by atoms with Gasteiger partial charge in [0.05, 0.1) is 17.4 Å². The first kappa shape index (κ1) is 17.0. The van der Waals surface area contributed by atoms with Crippen molar-refractivity contribution in [3.63, 3.8) is 0 Å². The number of aliphatic hydroxyl groups excluding tert-OH is 1. The van der Waals surface area contributed by atoms with Crippen LogP contribution in [0.4, 0.5) is 13.2 Å². The van der Waals surface area contributed by atoms with Crippen LogP contribution < -0.4 is 0 Å². The summed E-state index contributed by atoms with van der Waals surface area (Å²) in [7, 11) is -3.17. The standard InChI is InChI=1S/C13H17F3O3S/c1-2-20(18,19)9-5-8-12(17)10-6-3-4-7-11(10)13(14,15)16/h3-4,6-7,12,17H,2,5,8-9H2,1H3. The average molecular weight is 310 g/mol. The van der Waals surface area contributed by atoms with Gasteiger partial charge in [0.15, 0.2) is 0 Å². The molecule has 0 heterocycles. The highest BCUT2D eigenvalue weighted by Crippen LogP contribution is 2.35. The first-order valence-corrected chi connectivity index (χ1v) is 8.04. The lowest BCUT2D eigenvalue weighted by molar-refractivity contribution is -0.139. The van der Waals surface area contributed by atoms with Crippen LogP contribution in [0.3, 0.4) is 0 Å². The smallest absolute Gasteiger partial charge is 0.388 e. The molecule has 0 aliphatic carbocycles. The van der Waals surface area contributed by atoms with Crippen LogP contribution in [0.2, 0.25) is 0 Å². The van der Waals surface area contributed by atoms with E-state index >= 15 is 0 Å². The normalized spacial score (nSPS) is 14.2. The molecule has 0 aromatic heterocycles. The summed E-state index contributed by atoms with van der Waals surface area (Å²) < 4.78 is 60.9. The van der Waals surface area contributed by atoms with Gasteiger partial charge in [0, 0.05) is 5.75 Å². The highest BCUT2D eigenvalue weighted by atomic mass is 32.2. The molecular weight excluding hydrogens is 293 g/mol. The fourth-order valence-corrected chi connectivity index (χ4v) is 2.74. The Hall–Kier alpha value is -1.08. The monoisotopic (exact) mass is 310 g/mol. The summed E-state index contributed by atoms with van der Waals surface area (Å²) in [5, 5.41) is 9.84. The SMILES string of the molecule is CCS(=O)(=O)CCCC(O)c1ccccc1C(F)(F)F. The molecular formula is C13H17F3O3S. The van der Waals surface area contributed by atoms with Crippen LogP contribution in [0, 0.1) is 0 Å². The van der Waals surface area contributed by atoms with Crippen LogP contribution in [0.15, 0.2) is 24.3 Å². The van der Waals surface area contributed by atoms with E-state index in [1.54, 1.807) is 0 Å². The summed E-state index contributed by atoms with van der Waals surface area (Å²) in [5.74, 6) is -0.142. The Morgan fingerprint density at radius 2 is 1.85 bits per heavy atom. The number of halogens is 3. The van der Waals surface area contributed by atoms with Gasteiger partial charge in [-0.25, -0.2) is 8.42 Å². The third kappa shape index (κ3) is 4.79. The molecule has 0 saturated heterocycles. The van der Waals surface area contributed by atoms with Crippen molar-refractivity contribution in [2.75, 3.05) is 11.5 Å². The predicted octanol–water partition coefficient (Wildman–Crippen LogP) is 2.95. The molecule has 20 heavy (non-hydrogen) atoms. The first-order valence-electron chi connectivity index (χ1n) is 6.22. The van der Waals surface area contributed by atoms with E-state index < -0.39 is 27.7 Å². The van der Waals surface area contributed by atoms with Crippen molar-refractivity contribution in [3.8, 4) is 0 Å². The molecule has 114 valence electrons. The fraction of sp³-hybridized carbons (Fsp3) is 0.538. The van der Waals surface area contributed by atoms with E-state index in [2.05, 4.69) is 0 Å². The van der Waals surface area contributed by atoms with Crippen molar-refractivity contribution in [3.05, 3.63) is 35.4 Å². The maximum atomic E-state index is 12.8. The lowest BCUT2D eigenvalue weighted by atomic mass is 9.99. The maximum Gasteiger partial charge on any atom is 0.416 e. The van der Waals surface area contributed by atoms with E-state index in [0.29, 0.717) is 0 Å². The number of alkyl halides is 3. The second-order valence-corrected chi connectivity index (χ2v) is 6.95. The molecule has 1 aromatic carbocycles. The van der Waals surface area contributed by atoms with E-state index in [-0.39, 0.29) is 29.9 Å². The summed E-state index contributed by atoms with van der Waals surface area (Å²) in [6.45, 7) is 1.50. The fourth-order valence-electron chi connectivity index (χ4n) is 1.84. The summed E-state index contributed by atoms with van der Waals surface area (Å²) in [4.78, 5) is 0. The Kier molecular flexibility index (Phi) is 5.59. The van der Waals surface area contributed by atoms with Gasteiger partial charge in [-0.3, -0.25) is 0 Å². The third-order valence-corrected chi connectivity index (χ3v) is 4.79. The largest absolute Gasteiger partial charge is 0.416 e. The van der Waals surface area contributed by atoms with Gasteiger partial charge in [0.2, 0.25) is 0 Å². The topological polar surface area (TPSA) is 54.4 Å². The molecule has 0 amide bonds.